The van der Waals surface area contributed by atoms with Crippen molar-refractivity contribution in [2.45, 2.75) is 12.7 Å². The van der Waals surface area contributed by atoms with Crippen LogP contribution in [0.3, 0.4) is 0 Å². The standard InChI is InChI=1S/C21H22F2N6O2S/c1-15-2-3-19(24-13-15)25-20-4-5-21(27-26-20)28-6-8-29(9-7-28)32(30,31)14-16-10-17(22)12-18(23)11-16/h2-5,10-13H,6-9,14H2,1H3,(H,24,25,26). The Morgan fingerprint density at radius 2 is 1.62 bits per heavy atom. The van der Waals surface area contributed by atoms with Crippen molar-refractivity contribution in [2.75, 3.05) is 36.4 Å². The van der Waals surface area contributed by atoms with Gasteiger partial charge in [0, 0.05) is 38.4 Å². The molecule has 4 rings (SSSR count). The molecule has 1 saturated heterocycles. The highest BCUT2D eigenvalue weighted by molar-refractivity contribution is 7.88. The third-order valence-corrected chi connectivity index (χ3v) is 6.90. The Bertz CT molecular complexity index is 1160. The lowest BCUT2D eigenvalue weighted by Crippen LogP contribution is -2.49. The van der Waals surface area contributed by atoms with Gasteiger partial charge >= 0.3 is 0 Å². The van der Waals surface area contributed by atoms with E-state index in [9.17, 15) is 17.2 Å². The molecular formula is C21H22F2N6O2S. The van der Waals surface area contributed by atoms with Gasteiger partial charge in [-0.2, -0.15) is 4.31 Å². The number of pyridine rings is 1. The van der Waals surface area contributed by atoms with E-state index in [1.54, 1.807) is 12.3 Å². The van der Waals surface area contributed by atoms with E-state index in [1.165, 1.54) is 4.31 Å². The number of piperazine rings is 1. The largest absolute Gasteiger partial charge is 0.352 e. The van der Waals surface area contributed by atoms with Crippen LogP contribution in [0.4, 0.5) is 26.2 Å². The molecule has 3 aromatic rings. The smallest absolute Gasteiger partial charge is 0.218 e. The Morgan fingerprint density at radius 3 is 2.22 bits per heavy atom. The number of aryl methyl sites for hydroxylation is 1. The zero-order chi connectivity index (χ0) is 22.7. The first kappa shape index (κ1) is 22.0. The lowest BCUT2D eigenvalue weighted by molar-refractivity contribution is 0.383. The van der Waals surface area contributed by atoms with Crippen molar-refractivity contribution in [1.29, 1.82) is 0 Å². The van der Waals surface area contributed by atoms with E-state index in [4.69, 9.17) is 0 Å². The van der Waals surface area contributed by atoms with Gasteiger partial charge in [-0.3, -0.25) is 0 Å². The van der Waals surface area contributed by atoms with Crippen LogP contribution in [-0.2, 0) is 15.8 Å². The normalized spacial score (nSPS) is 15.0. The molecular weight excluding hydrogens is 438 g/mol. The molecule has 1 aliphatic heterocycles. The molecule has 0 radical (unpaired) electrons. The summed E-state index contributed by atoms with van der Waals surface area (Å²) in [7, 11) is -3.70. The van der Waals surface area contributed by atoms with Crippen LogP contribution >= 0.6 is 0 Å². The van der Waals surface area contributed by atoms with Crippen molar-refractivity contribution < 1.29 is 17.2 Å². The molecule has 0 spiro atoms. The number of sulfonamides is 1. The number of nitrogens with one attached hydrogen (secondary N) is 1. The van der Waals surface area contributed by atoms with Crippen LogP contribution in [0.25, 0.3) is 0 Å². The summed E-state index contributed by atoms with van der Waals surface area (Å²) >= 11 is 0. The first-order valence-corrected chi connectivity index (χ1v) is 11.6. The lowest BCUT2D eigenvalue weighted by atomic mass is 10.2. The van der Waals surface area contributed by atoms with Crippen molar-refractivity contribution in [3.05, 3.63) is 71.4 Å². The molecule has 0 atom stereocenters. The van der Waals surface area contributed by atoms with Crippen LogP contribution in [0.2, 0.25) is 0 Å². The number of nitrogens with zero attached hydrogens (tertiary/aromatic N) is 5. The highest BCUT2D eigenvalue weighted by Crippen LogP contribution is 2.20. The number of rotatable bonds is 6. The fourth-order valence-electron chi connectivity index (χ4n) is 3.43. The molecule has 1 aliphatic rings. The summed E-state index contributed by atoms with van der Waals surface area (Å²) < 4.78 is 53.4. The Morgan fingerprint density at radius 1 is 0.938 bits per heavy atom. The second-order valence-electron chi connectivity index (χ2n) is 7.54. The summed E-state index contributed by atoms with van der Waals surface area (Å²) in [5.74, 6) is -0.195. The number of aromatic nitrogens is 3. The molecule has 0 amide bonds. The zero-order valence-electron chi connectivity index (χ0n) is 17.4. The van der Waals surface area contributed by atoms with E-state index < -0.39 is 27.4 Å². The summed E-state index contributed by atoms with van der Waals surface area (Å²) in [6.45, 7) is 3.30. The summed E-state index contributed by atoms with van der Waals surface area (Å²) in [5, 5.41) is 11.5. The van der Waals surface area contributed by atoms with E-state index in [0.717, 1.165) is 17.7 Å². The lowest BCUT2D eigenvalue weighted by Gasteiger charge is -2.34. The van der Waals surface area contributed by atoms with Crippen LogP contribution in [0.15, 0.2) is 48.7 Å². The number of halogens is 2. The maximum absolute atomic E-state index is 13.4. The van der Waals surface area contributed by atoms with Crippen molar-refractivity contribution in [1.82, 2.24) is 19.5 Å². The van der Waals surface area contributed by atoms with Crippen molar-refractivity contribution in [3.63, 3.8) is 0 Å². The third-order valence-electron chi connectivity index (χ3n) is 5.05. The molecule has 2 aromatic heterocycles. The Labute approximate surface area is 185 Å². The van der Waals surface area contributed by atoms with Crippen LogP contribution in [0.1, 0.15) is 11.1 Å². The SMILES string of the molecule is Cc1ccc(Nc2ccc(N3CCN(S(=O)(=O)Cc4cc(F)cc(F)c4)CC3)nn2)nc1. The number of hydrogen-bond acceptors (Lipinski definition) is 7. The molecule has 0 unspecified atom stereocenters. The van der Waals surface area contributed by atoms with Gasteiger partial charge in [-0.25, -0.2) is 22.2 Å². The Hall–Kier alpha value is -3.18. The van der Waals surface area contributed by atoms with E-state index in [1.807, 2.05) is 30.0 Å². The van der Waals surface area contributed by atoms with Gasteiger partial charge in [0.2, 0.25) is 10.0 Å². The fraction of sp³-hybridized carbons (Fsp3) is 0.286. The molecule has 1 aromatic carbocycles. The van der Waals surface area contributed by atoms with E-state index in [2.05, 4.69) is 20.5 Å². The van der Waals surface area contributed by atoms with Gasteiger partial charge in [0.1, 0.15) is 17.5 Å². The number of anilines is 3. The average Bonchev–Trinajstić information content (AvgIpc) is 2.75. The van der Waals surface area contributed by atoms with E-state index in [-0.39, 0.29) is 18.7 Å². The molecule has 1 fully saturated rings. The van der Waals surface area contributed by atoms with Gasteiger partial charge < -0.3 is 10.2 Å². The number of benzene rings is 1. The monoisotopic (exact) mass is 460 g/mol. The molecule has 1 N–H and O–H groups in total. The predicted octanol–water partition coefficient (Wildman–Crippen LogP) is 2.85. The molecule has 11 heteroatoms. The van der Waals surface area contributed by atoms with Crippen LogP contribution < -0.4 is 10.2 Å². The zero-order valence-corrected chi connectivity index (χ0v) is 18.2. The van der Waals surface area contributed by atoms with E-state index >= 15 is 0 Å². The molecule has 168 valence electrons. The minimum absolute atomic E-state index is 0.0851. The first-order valence-electron chi connectivity index (χ1n) is 10.00. The molecule has 0 bridgehead atoms. The summed E-state index contributed by atoms with van der Waals surface area (Å²) in [4.78, 5) is 6.20. The number of hydrogen-bond donors (Lipinski definition) is 1. The van der Waals surface area contributed by atoms with Crippen LogP contribution in [0, 0.1) is 18.6 Å². The fourth-order valence-corrected chi connectivity index (χ4v) is 4.92. The van der Waals surface area contributed by atoms with Gasteiger partial charge in [-0.05, 0) is 48.4 Å². The van der Waals surface area contributed by atoms with Crippen LogP contribution in [-0.4, -0.2) is 54.1 Å². The first-order chi connectivity index (χ1) is 15.3. The predicted molar refractivity (Wildman–Crippen MR) is 117 cm³/mol. The maximum Gasteiger partial charge on any atom is 0.218 e. The molecule has 32 heavy (non-hydrogen) atoms. The summed E-state index contributed by atoms with van der Waals surface area (Å²) in [6.07, 6.45) is 1.75. The molecule has 0 aliphatic carbocycles. The molecule has 0 saturated carbocycles. The van der Waals surface area contributed by atoms with E-state index in [0.29, 0.717) is 36.6 Å². The van der Waals surface area contributed by atoms with Crippen LogP contribution in [0.5, 0.6) is 0 Å². The maximum atomic E-state index is 13.4. The van der Waals surface area contributed by atoms with Gasteiger partial charge in [0.25, 0.3) is 0 Å². The highest BCUT2D eigenvalue weighted by atomic mass is 32.2. The van der Waals surface area contributed by atoms with Crippen molar-refractivity contribution in [2.24, 2.45) is 0 Å². The Balaban J connectivity index is 1.35. The summed E-state index contributed by atoms with van der Waals surface area (Å²) in [6, 6.07) is 10.2. The molecule has 3 heterocycles. The highest BCUT2D eigenvalue weighted by Gasteiger charge is 2.28. The van der Waals surface area contributed by atoms with Gasteiger partial charge in [-0.1, -0.05) is 6.07 Å². The topological polar surface area (TPSA) is 91.3 Å². The minimum atomic E-state index is -3.70. The summed E-state index contributed by atoms with van der Waals surface area (Å²) in [5.41, 5.74) is 1.14. The quantitative estimate of drug-likeness (QED) is 0.605. The second kappa shape index (κ2) is 9.13. The minimum Gasteiger partial charge on any atom is -0.352 e. The van der Waals surface area contributed by atoms with Crippen molar-refractivity contribution in [3.8, 4) is 0 Å². The average molecular weight is 461 g/mol. The van der Waals surface area contributed by atoms with Gasteiger partial charge in [0.05, 0.1) is 5.75 Å². The molecule has 8 nitrogen and oxygen atoms in total. The van der Waals surface area contributed by atoms with Gasteiger partial charge in [-0.15, -0.1) is 10.2 Å². The van der Waals surface area contributed by atoms with Crippen molar-refractivity contribution >= 4 is 27.5 Å². The second-order valence-corrected chi connectivity index (χ2v) is 9.51. The van der Waals surface area contributed by atoms with Gasteiger partial charge in [0.15, 0.2) is 11.6 Å². The third kappa shape index (κ3) is 5.35. The Kier molecular flexibility index (Phi) is 6.28.